The predicted octanol–water partition coefficient (Wildman–Crippen LogP) is -2.14. The van der Waals surface area contributed by atoms with Gasteiger partial charge in [-0.05, 0) is 13.8 Å². The Morgan fingerprint density at radius 1 is 1.29 bits per heavy atom. The van der Waals surface area contributed by atoms with Crippen LogP contribution in [0, 0.1) is 0 Å². The molecule has 0 fully saturated rings. The average molecular weight is 230 g/mol. The van der Waals surface area contributed by atoms with Gasteiger partial charge >= 0.3 is 41.5 Å². The molecule has 0 aromatic carbocycles. The van der Waals surface area contributed by atoms with E-state index in [1.165, 1.54) is 0 Å². The number of hydrogen-bond acceptors (Lipinski definition) is 4. The molecule has 0 N–H and O–H groups in total. The molecule has 0 heterocycles. The summed E-state index contributed by atoms with van der Waals surface area (Å²) in [5, 5.41) is 0. The first-order chi connectivity index (χ1) is 6.11. The van der Waals surface area contributed by atoms with Crippen molar-refractivity contribution in [3.05, 3.63) is 0 Å². The molecule has 0 spiro atoms. The molecule has 0 aliphatic carbocycles. The van der Waals surface area contributed by atoms with Crippen molar-refractivity contribution in [3.8, 4) is 0 Å². The second-order valence-corrected chi connectivity index (χ2v) is 3.17. The van der Waals surface area contributed by atoms with E-state index in [2.05, 4.69) is 14.0 Å². The molecule has 0 saturated heterocycles. The number of hydrogen-bond donors (Lipinski definition) is 0. The van der Waals surface area contributed by atoms with E-state index in [9.17, 15) is 9.59 Å². The number of esters is 2. The van der Waals surface area contributed by atoms with Crippen LogP contribution in [0.5, 0.6) is 0 Å². The number of ether oxygens (including phenoxy) is 2. The van der Waals surface area contributed by atoms with Gasteiger partial charge in [-0.2, -0.15) is 0 Å². The van der Waals surface area contributed by atoms with Crippen molar-refractivity contribution in [2.75, 3.05) is 13.2 Å². The number of rotatable bonds is 5. The molecule has 0 bridgehead atoms. The first kappa shape index (κ1) is 16.8. The van der Waals surface area contributed by atoms with Crippen LogP contribution in [-0.2, 0) is 19.1 Å². The van der Waals surface area contributed by atoms with E-state index in [1.807, 2.05) is 0 Å². The first-order valence-electron chi connectivity index (χ1n) is 4.19. The minimum absolute atomic E-state index is 0. The molecule has 0 amide bonds. The van der Waals surface area contributed by atoms with Crippen LogP contribution in [0.3, 0.4) is 0 Å². The molecule has 0 aromatic heterocycles. The minimum atomic E-state index is -0.501. The topological polar surface area (TPSA) is 52.6 Å². The second-order valence-electron chi connectivity index (χ2n) is 2.37. The van der Waals surface area contributed by atoms with Gasteiger partial charge in [0.05, 0.1) is 25.3 Å². The van der Waals surface area contributed by atoms with Gasteiger partial charge in [0, 0.05) is 0 Å². The van der Waals surface area contributed by atoms with Crippen molar-refractivity contribution in [3.63, 3.8) is 0 Å². The zero-order valence-corrected chi connectivity index (χ0v) is 12.1. The van der Waals surface area contributed by atoms with E-state index in [1.54, 1.807) is 13.8 Å². The van der Waals surface area contributed by atoms with Crippen molar-refractivity contribution < 1.29 is 50.0 Å². The maximum Gasteiger partial charge on any atom is 1.00 e. The molecule has 0 rings (SSSR count). The van der Waals surface area contributed by atoms with Gasteiger partial charge in [0.15, 0.2) is 0 Å². The third-order valence-corrected chi connectivity index (χ3v) is 1.79. The van der Waals surface area contributed by atoms with Crippen molar-refractivity contribution in [1.82, 2.24) is 0 Å². The van der Waals surface area contributed by atoms with Gasteiger partial charge in [0.25, 0.3) is 0 Å². The van der Waals surface area contributed by atoms with E-state index in [0.717, 1.165) is 0 Å². The molecule has 14 heavy (non-hydrogen) atoms. The van der Waals surface area contributed by atoms with Crippen molar-refractivity contribution in [1.29, 1.82) is 0 Å². The monoisotopic (exact) mass is 230 g/mol. The Morgan fingerprint density at radius 3 is 2.21 bits per heavy atom. The van der Waals surface area contributed by atoms with Gasteiger partial charge in [0.1, 0.15) is 0 Å². The normalized spacial score (nSPS) is 11.1. The molecular weight excluding hydrogens is 214 g/mol. The fourth-order valence-electron chi connectivity index (χ4n) is 0.732. The second kappa shape index (κ2) is 9.91. The quantitative estimate of drug-likeness (QED) is 0.307. The molecule has 4 nitrogen and oxygen atoms in total. The standard InChI is InChI=1S/C8H15O4P.Na.H/c1-3-11-7(9)5-6(13)8(10)12-4-2;;/h6H,3-5,13H2,1-2H3;;/q;+1;-1. The van der Waals surface area contributed by atoms with Gasteiger partial charge in [-0.25, -0.2) is 0 Å². The third-order valence-electron chi connectivity index (χ3n) is 1.28. The third kappa shape index (κ3) is 7.74. The maximum atomic E-state index is 11.0. The Bertz CT molecular complexity index is 191. The van der Waals surface area contributed by atoms with Crippen molar-refractivity contribution >= 4 is 21.2 Å². The van der Waals surface area contributed by atoms with E-state index in [-0.39, 0.29) is 49.3 Å². The zero-order valence-electron chi connectivity index (χ0n) is 9.91. The predicted molar refractivity (Wildman–Crippen MR) is 52.5 cm³/mol. The zero-order chi connectivity index (χ0) is 10.3. The summed E-state index contributed by atoms with van der Waals surface area (Å²) in [6.45, 7) is 4.10. The number of carbonyl (C=O) groups is 2. The SMILES string of the molecule is CCOC(=O)CC(P)C(=O)OCC.[H-].[Na+]. The Morgan fingerprint density at radius 2 is 1.79 bits per heavy atom. The maximum absolute atomic E-state index is 11.0. The van der Waals surface area contributed by atoms with E-state index >= 15 is 0 Å². The summed E-state index contributed by atoms with van der Waals surface area (Å²) >= 11 is 0. The van der Waals surface area contributed by atoms with E-state index < -0.39 is 5.66 Å². The van der Waals surface area contributed by atoms with Crippen molar-refractivity contribution in [2.45, 2.75) is 25.9 Å². The average Bonchev–Trinajstić information content (AvgIpc) is 2.05. The molecule has 78 valence electrons. The van der Waals surface area contributed by atoms with E-state index in [0.29, 0.717) is 13.2 Å². The summed E-state index contributed by atoms with van der Waals surface area (Å²) in [4.78, 5) is 22.0. The van der Waals surface area contributed by atoms with Crippen LogP contribution in [0.4, 0.5) is 0 Å². The van der Waals surface area contributed by atoms with Crippen LogP contribution in [-0.4, -0.2) is 30.8 Å². The summed E-state index contributed by atoms with van der Waals surface area (Å²) in [5.41, 5.74) is -0.501. The van der Waals surface area contributed by atoms with Crippen LogP contribution in [0.1, 0.15) is 21.7 Å². The molecule has 0 aliphatic heterocycles. The van der Waals surface area contributed by atoms with Crippen LogP contribution < -0.4 is 29.6 Å². The van der Waals surface area contributed by atoms with Gasteiger partial charge in [-0.15, -0.1) is 9.24 Å². The number of carbonyl (C=O) groups excluding carboxylic acids is 2. The summed E-state index contributed by atoms with van der Waals surface area (Å²) < 4.78 is 9.40. The fraction of sp³-hybridized carbons (Fsp3) is 0.750. The molecule has 0 aliphatic rings. The van der Waals surface area contributed by atoms with Crippen LogP contribution in [0.2, 0.25) is 0 Å². The summed E-state index contributed by atoms with van der Waals surface area (Å²) in [6, 6.07) is 0. The minimum Gasteiger partial charge on any atom is -1.00 e. The van der Waals surface area contributed by atoms with Gasteiger partial charge in [-0.1, -0.05) is 0 Å². The van der Waals surface area contributed by atoms with Crippen molar-refractivity contribution in [2.24, 2.45) is 0 Å². The Balaban J connectivity index is -0.000000720. The molecule has 0 saturated carbocycles. The van der Waals surface area contributed by atoms with Crippen LogP contribution >= 0.6 is 9.24 Å². The largest absolute Gasteiger partial charge is 1.00 e. The summed E-state index contributed by atoms with van der Waals surface area (Å²) in [6.07, 6.45) is 0.0529. The van der Waals surface area contributed by atoms with Gasteiger partial charge < -0.3 is 10.9 Å². The Hall–Kier alpha value is 0.370. The summed E-state index contributed by atoms with van der Waals surface area (Å²) in [7, 11) is 2.27. The van der Waals surface area contributed by atoms with Gasteiger partial charge in [0.2, 0.25) is 0 Å². The fourth-order valence-corrected chi connectivity index (χ4v) is 1.02. The van der Waals surface area contributed by atoms with E-state index in [4.69, 9.17) is 4.74 Å². The first-order valence-corrected chi connectivity index (χ1v) is 4.86. The summed E-state index contributed by atoms with van der Waals surface area (Å²) in [5.74, 6) is -0.767. The molecule has 6 heteroatoms. The Labute approximate surface area is 110 Å². The molecule has 2 unspecified atom stereocenters. The van der Waals surface area contributed by atoms with Gasteiger partial charge in [-0.3, -0.25) is 9.59 Å². The van der Waals surface area contributed by atoms with Crippen LogP contribution in [0.15, 0.2) is 0 Å². The Kier molecular flexibility index (Phi) is 11.9. The van der Waals surface area contributed by atoms with Crippen LogP contribution in [0.25, 0.3) is 0 Å². The molecule has 0 radical (unpaired) electrons. The molecule has 0 aromatic rings. The molecule has 2 atom stereocenters. The molecular formula is C8H16NaO4P. The smallest absolute Gasteiger partial charge is 1.00 e.